The first-order valence-corrected chi connectivity index (χ1v) is 7.52. The molecule has 0 spiro atoms. The molecule has 1 aromatic carbocycles. The van der Waals surface area contributed by atoms with Gasteiger partial charge in [0.15, 0.2) is 0 Å². The molecule has 2 rings (SSSR count). The SMILES string of the molecule is NCc1ccccc1CS(=O)CC1CCCO1. The zero-order valence-corrected chi connectivity index (χ0v) is 10.7. The normalized spacial score (nSPS) is 21.6. The molecule has 4 heteroatoms. The van der Waals surface area contributed by atoms with E-state index < -0.39 is 10.8 Å². The van der Waals surface area contributed by atoms with Crippen LogP contribution in [0.25, 0.3) is 0 Å². The van der Waals surface area contributed by atoms with E-state index in [0.29, 0.717) is 18.1 Å². The summed E-state index contributed by atoms with van der Waals surface area (Å²) in [6.45, 7) is 1.33. The first kappa shape index (κ1) is 12.7. The smallest absolute Gasteiger partial charge is 0.0691 e. The molecule has 0 bridgehead atoms. The van der Waals surface area contributed by atoms with Gasteiger partial charge in [0.2, 0.25) is 0 Å². The Labute approximate surface area is 105 Å². The van der Waals surface area contributed by atoms with Crippen molar-refractivity contribution in [3.63, 3.8) is 0 Å². The van der Waals surface area contributed by atoms with Crippen LogP contribution >= 0.6 is 0 Å². The Hall–Kier alpha value is -0.710. The lowest BCUT2D eigenvalue weighted by Crippen LogP contribution is -2.17. The molecule has 0 saturated carbocycles. The zero-order chi connectivity index (χ0) is 12.1. The van der Waals surface area contributed by atoms with E-state index in [-0.39, 0.29) is 6.10 Å². The molecule has 1 aliphatic rings. The summed E-state index contributed by atoms with van der Waals surface area (Å²) in [5.74, 6) is 1.24. The summed E-state index contributed by atoms with van der Waals surface area (Å²) in [6.07, 6.45) is 2.34. The molecule has 1 fully saturated rings. The predicted octanol–water partition coefficient (Wildman–Crippen LogP) is 1.57. The van der Waals surface area contributed by atoms with Gasteiger partial charge in [0.05, 0.1) is 11.9 Å². The molecule has 1 aliphatic heterocycles. The largest absolute Gasteiger partial charge is 0.377 e. The molecule has 0 aromatic heterocycles. The van der Waals surface area contributed by atoms with Gasteiger partial charge in [-0.3, -0.25) is 4.21 Å². The van der Waals surface area contributed by atoms with Crippen LogP contribution in [0.2, 0.25) is 0 Å². The van der Waals surface area contributed by atoms with Crippen LogP contribution in [0, 0.1) is 0 Å². The molecule has 0 aliphatic carbocycles. The lowest BCUT2D eigenvalue weighted by atomic mass is 10.1. The van der Waals surface area contributed by atoms with Gasteiger partial charge in [-0.05, 0) is 24.0 Å². The van der Waals surface area contributed by atoms with Crippen molar-refractivity contribution in [2.24, 2.45) is 5.73 Å². The Bertz CT molecular complexity index is 389. The van der Waals surface area contributed by atoms with Crippen LogP contribution in [0.1, 0.15) is 24.0 Å². The van der Waals surface area contributed by atoms with Crippen molar-refractivity contribution in [2.45, 2.75) is 31.2 Å². The lowest BCUT2D eigenvalue weighted by molar-refractivity contribution is 0.128. The standard InChI is InChI=1S/C13H19NO2S/c14-8-11-4-1-2-5-12(11)9-17(15)10-13-6-3-7-16-13/h1-2,4-5,13H,3,6-10,14H2. The van der Waals surface area contributed by atoms with Crippen molar-refractivity contribution < 1.29 is 8.95 Å². The third-order valence-corrected chi connectivity index (χ3v) is 4.43. The van der Waals surface area contributed by atoms with E-state index in [1.54, 1.807) is 0 Å². The number of hydrogen-bond donors (Lipinski definition) is 1. The zero-order valence-electron chi connectivity index (χ0n) is 9.93. The fourth-order valence-corrected chi connectivity index (χ4v) is 3.54. The van der Waals surface area contributed by atoms with E-state index in [0.717, 1.165) is 30.6 Å². The van der Waals surface area contributed by atoms with Crippen molar-refractivity contribution in [1.82, 2.24) is 0 Å². The van der Waals surface area contributed by atoms with Crippen molar-refractivity contribution in [3.05, 3.63) is 35.4 Å². The average molecular weight is 253 g/mol. The van der Waals surface area contributed by atoms with Gasteiger partial charge >= 0.3 is 0 Å². The van der Waals surface area contributed by atoms with Gasteiger partial charge < -0.3 is 10.5 Å². The maximum atomic E-state index is 12.0. The van der Waals surface area contributed by atoms with Gasteiger partial charge in [0.25, 0.3) is 0 Å². The van der Waals surface area contributed by atoms with Gasteiger partial charge in [-0.25, -0.2) is 0 Å². The molecule has 2 atom stereocenters. The molecular weight excluding hydrogens is 234 g/mol. The maximum Gasteiger partial charge on any atom is 0.0691 e. The molecule has 0 radical (unpaired) electrons. The van der Waals surface area contributed by atoms with Gasteiger partial charge in [-0.2, -0.15) is 0 Å². The number of benzene rings is 1. The number of hydrogen-bond acceptors (Lipinski definition) is 3. The Morgan fingerprint density at radius 1 is 1.35 bits per heavy atom. The molecule has 2 N–H and O–H groups in total. The van der Waals surface area contributed by atoms with E-state index in [2.05, 4.69) is 0 Å². The van der Waals surface area contributed by atoms with Crippen molar-refractivity contribution in [3.8, 4) is 0 Å². The predicted molar refractivity (Wildman–Crippen MR) is 70.0 cm³/mol. The van der Waals surface area contributed by atoms with Crippen LogP contribution < -0.4 is 5.73 Å². The minimum absolute atomic E-state index is 0.195. The highest BCUT2D eigenvalue weighted by Gasteiger charge is 2.18. The first-order chi connectivity index (χ1) is 8.29. The fourth-order valence-electron chi connectivity index (χ4n) is 2.11. The summed E-state index contributed by atoms with van der Waals surface area (Å²) in [6, 6.07) is 7.95. The monoisotopic (exact) mass is 253 g/mol. The van der Waals surface area contributed by atoms with Crippen LogP contribution in [0.5, 0.6) is 0 Å². The van der Waals surface area contributed by atoms with Crippen molar-refractivity contribution >= 4 is 10.8 Å². The number of ether oxygens (including phenoxy) is 1. The molecule has 1 saturated heterocycles. The fraction of sp³-hybridized carbons (Fsp3) is 0.538. The van der Waals surface area contributed by atoms with Crippen LogP contribution in [0.15, 0.2) is 24.3 Å². The van der Waals surface area contributed by atoms with Crippen molar-refractivity contribution in [2.75, 3.05) is 12.4 Å². The van der Waals surface area contributed by atoms with E-state index in [1.807, 2.05) is 24.3 Å². The van der Waals surface area contributed by atoms with Gasteiger partial charge in [-0.15, -0.1) is 0 Å². The Kier molecular flexibility index (Phi) is 4.71. The molecule has 1 aromatic rings. The second-order valence-electron chi connectivity index (χ2n) is 4.36. The molecule has 17 heavy (non-hydrogen) atoms. The highest BCUT2D eigenvalue weighted by molar-refractivity contribution is 7.84. The van der Waals surface area contributed by atoms with Gasteiger partial charge in [0.1, 0.15) is 0 Å². The van der Waals surface area contributed by atoms with Crippen LogP contribution in [-0.4, -0.2) is 22.7 Å². The third-order valence-electron chi connectivity index (χ3n) is 3.05. The third kappa shape index (κ3) is 3.63. The van der Waals surface area contributed by atoms with Crippen molar-refractivity contribution in [1.29, 1.82) is 0 Å². The Morgan fingerprint density at radius 2 is 2.12 bits per heavy atom. The summed E-state index contributed by atoms with van der Waals surface area (Å²) < 4.78 is 17.5. The van der Waals surface area contributed by atoms with Gasteiger partial charge in [0, 0.05) is 29.7 Å². The number of rotatable bonds is 5. The summed E-state index contributed by atoms with van der Waals surface area (Å²) in [5, 5.41) is 0. The summed E-state index contributed by atoms with van der Waals surface area (Å²) in [7, 11) is -0.853. The van der Waals surface area contributed by atoms with Crippen LogP contribution in [0.4, 0.5) is 0 Å². The van der Waals surface area contributed by atoms with E-state index in [1.165, 1.54) is 0 Å². The van der Waals surface area contributed by atoms with E-state index in [4.69, 9.17) is 10.5 Å². The quantitative estimate of drug-likeness (QED) is 0.866. The Morgan fingerprint density at radius 3 is 2.76 bits per heavy atom. The summed E-state index contributed by atoms with van der Waals surface area (Å²) in [4.78, 5) is 0. The molecule has 0 amide bonds. The molecule has 3 nitrogen and oxygen atoms in total. The van der Waals surface area contributed by atoms with Crippen LogP contribution in [0.3, 0.4) is 0 Å². The highest BCUT2D eigenvalue weighted by Crippen LogP contribution is 2.16. The van der Waals surface area contributed by atoms with E-state index in [9.17, 15) is 4.21 Å². The average Bonchev–Trinajstić information content (AvgIpc) is 2.82. The minimum atomic E-state index is -0.853. The maximum absolute atomic E-state index is 12.0. The number of nitrogens with two attached hydrogens (primary N) is 1. The minimum Gasteiger partial charge on any atom is -0.377 e. The van der Waals surface area contributed by atoms with Gasteiger partial charge in [-0.1, -0.05) is 24.3 Å². The lowest BCUT2D eigenvalue weighted by Gasteiger charge is -2.10. The first-order valence-electron chi connectivity index (χ1n) is 6.03. The summed E-state index contributed by atoms with van der Waals surface area (Å²) in [5.41, 5.74) is 7.86. The second-order valence-corrected chi connectivity index (χ2v) is 5.86. The topological polar surface area (TPSA) is 52.3 Å². The molecule has 2 unspecified atom stereocenters. The molecule has 1 heterocycles. The van der Waals surface area contributed by atoms with Crippen LogP contribution in [-0.2, 0) is 27.8 Å². The molecule has 94 valence electrons. The highest BCUT2D eigenvalue weighted by atomic mass is 32.2. The summed E-state index contributed by atoms with van der Waals surface area (Å²) >= 11 is 0. The second kappa shape index (κ2) is 6.28. The Balaban J connectivity index is 1.92. The molecular formula is C13H19NO2S. The van der Waals surface area contributed by atoms with E-state index >= 15 is 0 Å².